The van der Waals surface area contributed by atoms with E-state index in [2.05, 4.69) is 26.0 Å². The molecule has 4 nitrogen and oxygen atoms in total. The zero-order valence-electron chi connectivity index (χ0n) is 8.61. The van der Waals surface area contributed by atoms with Crippen molar-refractivity contribution in [3.63, 3.8) is 0 Å². The van der Waals surface area contributed by atoms with Gasteiger partial charge in [0.05, 0.1) is 11.3 Å². The molecule has 0 atom stereocenters. The molecule has 0 aliphatic heterocycles. The number of aromatic nitrogens is 3. The van der Waals surface area contributed by atoms with Gasteiger partial charge >= 0.3 is 6.18 Å². The van der Waals surface area contributed by atoms with E-state index in [9.17, 15) is 13.2 Å². The molecule has 0 N–H and O–H groups in total. The van der Waals surface area contributed by atoms with Crippen molar-refractivity contribution in [2.24, 2.45) is 0 Å². The summed E-state index contributed by atoms with van der Waals surface area (Å²) in [5.41, 5.74) is -1.04. The standard InChI is InChI=1S/C10H4BrF3N4/c11-6-1-2-7(10(12,13)14)8(3-6)18-5-16-9(4-15)17-18/h1-3,5H. The van der Waals surface area contributed by atoms with Crippen LogP contribution in [0.2, 0.25) is 0 Å². The first-order valence-electron chi connectivity index (χ1n) is 4.60. The van der Waals surface area contributed by atoms with Crippen molar-refractivity contribution in [1.29, 1.82) is 5.26 Å². The molecule has 1 heterocycles. The normalized spacial score (nSPS) is 11.3. The number of nitriles is 1. The van der Waals surface area contributed by atoms with Gasteiger partial charge in [-0.1, -0.05) is 15.9 Å². The summed E-state index contributed by atoms with van der Waals surface area (Å²) in [5, 5.41) is 12.2. The van der Waals surface area contributed by atoms with Gasteiger partial charge in [-0.05, 0) is 18.2 Å². The first-order chi connectivity index (χ1) is 8.41. The summed E-state index contributed by atoms with van der Waals surface area (Å²) in [6, 6.07) is 5.14. The minimum Gasteiger partial charge on any atom is -0.219 e. The van der Waals surface area contributed by atoms with Crippen molar-refractivity contribution in [3.8, 4) is 11.8 Å². The second-order valence-corrected chi connectivity index (χ2v) is 4.20. The van der Waals surface area contributed by atoms with Crippen LogP contribution in [0.5, 0.6) is 0 Å². The Morgan fingerprint density at radius 3 is 2.61 bits per heavy atom. The molecule has 0 radical (unpaired) electrons. The van der Waals surface area contributed by atoms with E-state index in [1.165, 1.54) is 12.1 Å². The maximum absolute atomic E-state index is 12.8. The predicted octanol–water partition coefficient (Wildman–Crippen LogP) is 2.92. The maximum atomic E-state index is 12.8. The van der Waals surface area contributed by atoms with Crippen molar-refractivity contribution >= 4 is 15.9 Å². The van der Waals surface area contributed by atoms with E-state index in [4.69, 9.17) is 5.26 Å². The minimum absolute atomic E-state index is 0.189. The Morgan fingerprint density at radius 2 is 2.06 bits per heavy atom. The van der Waals surface area contributed by atoms with Gasteiger partial charge in [0.1, 0.15) is 12.4 Å². The van der Waals surface area contributed by atoms with Crippen LogP contribution < -0.4 is 0 Å². The number of benzene rings is 1. The predicted molar refractivity (Wildman–Crippen MR) is 58.8 cm³/mol. The molecule has 1 aromatic carbocycles. The van der Waals surface area contributed by atoms with Gasteiger partial charge in [-0.3, -0.25) is 0 Å². The van der Waals surface area contributed by atoms with E-state index in [1.807, 2.05) is 0 Å². The Kier molecular flexibility index (Phi) is 3.09. The molecule has 0 unspecified atom stereocenters. The molecule has 18 heavy (non-hydrogen) atoms. The SMILES string of the molecule is N#Cc1ncn(-c2cc(Br)ccc2C(F)(F)F)n1. The molecule has 0 aliphatic rings. The van der Waals surface area contributed by atoms with Crippen LogP contribution >= 0.6 is 15.9 Å². The molecule has 8 heteroatoms. The molecule has 0 saturated heterocycles. The summed E-state index contributed by atoms with van der Waals surface area (Å²) >= 11 is 3.09. The molecule has 0 amide bonds. The van der Waals surface area contributed by atoms with Crippen LogP contribution in [0.1, 0.15) is 11.4 Å². The Bertz CT molecular complexity index is 627. The third-order valence-electron chi connectivity index (χ3n) is 2.10. The lowest BCUT2D eigenvalue weighted by Gasteiger charge is -2.12. The zero-order valence-corrected chi connectivity index (χ0v) is 10.2. The van der Waals surface area contributed by atoms with Crippen LogP contribution in [0.3, 0.4) is 0 Å². The van der Waals surface area contributed by atoms with E-state index in [0.717, 1.165) is 17.1 Å². The third-order valence-corrected chi connectivity index (χ3v) is 2.60. The first kappa shape index (κ1) is 12.6. The van der Waals surface area contributed by atoms with Crippen molar-refractivity contribution in [2.75, 3.05) is 0 Å². The third kappa shape index (κ3) is 2.36. The van der Waals surface area contributed by atoms with Crippen LogP contribution in [0, 0.1) is 11.3 Å². The second kappa shape index (κ2) is 4.42. The number of halogens is 4. The zero-order chi connectivity index (χ0) is 13.3. The summed E-state index contributed by atoms with van der Waals surface area (Å²) in [7, 11) is 0. The lowest BCUT2D eigenvalue weighted by molar-refractivity contribution is -0.137. The van der Waals surface area contributed by atoms with Gasteiger partial charge in [0.25, 0.3) is 5.82 Å². The highest BCUT2D eigenvalue weighted by atomic mass is 79.9. The summed E-state index contributed by atoms with van der Waals surface area (Å²) in [5.74, 6) is -0.192. The highest BCUT2D eigenvalue weighted by Crippen LogP contribution is 2.34. The maximum Gasteiger partial charge on any atom is 0.418 e. The topological polar surface area (TPSA) is 54.5 Å². The summed E-state index contributed by atoms with van der Waals surface area (Å²) < 4.78 is 39.8. The lowest BCUT2D eigenvalue weighted by Crippen LogP contribution is -2.11. The Balaban J connectivity index is 2.62. The Morgan fingerprint density at radius 1 is 1.33 bits per heavy atom. The quantitative estimate of drug-likeness (QED) is 0.812. The average Bonchev–Trinajstić information content (AvgIpc) is 2.75. The van der Waals surface area contributed by atoms with Crippen molar-refractivity contribution in [3.05, 3.63) is 40.4 Å². The molecule has 2 rings (SSSR count). The van der Waals surface area contributed by atoms with E-state index in [1.54, 1.807) is 6.07 Å². The largest absolute Gasteiger partial charge is 0.418 e. The van der Waals surface area contributed by atoms with Crippen molar-refractivity contribution in [2.45, 2.75) is 6.18 Å². The Labute approximate surface area is 108 Å². The van der Waals surface area contributed by atoms with E-state index in [0.29, 0.717) is 4.47 Å². The van der Waals surface area contributed by atoms with Gasteiger partial charge in [0, 0.05) is 4.47 Å². The molecule has 0 bridgehead atoms. The highest BCUT2D eigenvalue weighted by Gasteiger charge is 2.34. The number of nitrogens with zero attached hydrogens (tertiary/aromatic N) is 4. The van der Waals surface area contributed by atoms with Crippen LogP contribution in [-0.4, -0.2) is 14.8 Å². The average molecular weight is 317 g/mol. The molecule has 0 saturated carbocycles. The van der Waals surface area contributed by atoms with E-state index >= 15 is 0 Å². The number of alkyl halides is 3. The fraction of sp³-hybridized carbons (Fsp3) is 0.100. The number of hydrogen-bond acceptors (Lipinski definition) is 3. The van der Waals surface area contributed by atoms with Crippen LogP contribution in [0.4, 0.5) is 13.2 Å². The molecule has 0 fully saturated rings. The van der Waals surface area contributed by atoms with Gasteiger partial charge in [-0.15, -0.1) is 5.10 Å². The van der Waals surface area contributed by atoms with Crippen LogP contribution in [-0.2, 0) is 6.18 Å². The van der Waals surface area contributed by atoms with Gasteiger partial charge in [-0.25, -0.2) is 9.67 Å². The molecule has 0 spiro atoms. The monoisotopic (exact) mass is 316 g/mol. The molecular weight excluding hydrogens is 313 g/mol. The summed E-state index contributed by atoms with van der Waals surface area (Å²) in [4.78, 5) is 3.57. The molecule has 92 valence electrons. The van der Waals surface area contributed by atoms with Crippen molar-refractivity contribution < 1.29 is 13.2 Å². The van der Waals surface area contributed by atoms with Gasteiger partial charge in [-0.2, -0.15) is 18.4 Å². The molecule has 0 aliphatic carbocycles. The first-order valence-corrected chi connectivity index (χ1v) is 5.40. The highest BCUT2D eigenvalue weighted by molar-refractivity contribution is 9.10. The second-order valence-electron chi connectivity index (χ2n) is 3.28. The summed E-state index contributed by atoms with van der Waals surface area (Å²) in [6.45, 7) is 0. The van der Waals surface area contributed by atoms with Gasteiger partial charge < -0.3 is 0 Å². The van der Waals surface area contributed by atoms with E-state index < -0.39 is 11.7 Å². The van der Waals surface area contributed by atoms with Crippen LogP contribution in [0.15, 0.2) is 29.0 Å². The van der Waals surface area contributed by atoms with Crippen molar-refractivity contribution in [1.82, 2.24) is 14.8 Å². The smallest absolute Gasteiger partial charge is 0.219 e. The molecule has 1 aromatic heterocycles. The van der Waals surface area contributed by atoms with Gasteiger partial charge in [0.2, 0.25) is 0 Å². The summed E-state index contributed by atoms with van der Waals surface area (Å²) in [6.07, 6.45) is -3.44. The fourth-order valence-electron chi connectivity index (χ4n) is 1.36. The molecular formula is C10H4BrF3N4. The molecule has 2 aromatic rings. The number of hydrogen-bond donors (Lipinski definition) is 0. The van der Waals surface area contributed by atoms with Crippen LogP contribution in [0.25, 0.3) is 5.69 Å². The lowest BCUT2D eigenvalue weighted by atomic mass is 10.2. The number of rotatable bonds is 1. The minimum atomic E-state index is -4.51. The van der Waals surface area contributed by atoms with Gasteiger partial charge in [0.15, 0.2) is 0 Å². The van der Waals surface area contributed by atoms with E-state index in [-0.39, 0.29) is 11.5 Å². The Hall–Kier alpha value is -1.88. The fourth-order valence-corrected chi connectivity index (χ4v) is 1.71.